The van der Waals surface area contributed by atoms with Gasteiger partial charge in [-0.25, -0.2) is 4.99 Å². The number of carbonyl (C=O) groups excluding carboxylic acids is 1. The lowest BCUT2D eigenvalue weighted by molar-refractivity contribution is -0.126. The van der Waals surface area contributed by atoms with E-state index in [2.05, 4.69) is 10.3 Å². The number of amides is 1. The van der Waals surface area contributed by atoms with Crippen molar-refractivity contribution in [2.24, 2.45) is 10.9 Å². The predicted molar refractivity (Wildman–Crippen MR) is 82.7 cm³/mol. The van der Waals surface area contributed by atoms with Gasteiger partial charge in [-0.15, -0.1) is 0 Å². The summed E-state index contributed by atoms with van der Waals surface area (Å²) in [5.74, 6) is -0.454. The van der Waals surface area contributed by atoms with Gasteiger partial charge in [-0.05, 0) is 36.1 Å². The van der Waals surface area contributed by atoms with Crippen LogP contribution < -0.4 is 5.32 Å². The number of allylic oxidation sites excluding steroid dienone is 1. The molecule has 0 radical (unpaired) electrons. The predicted octanol–water partition coefficient (Wildman–Crippen LogP) is 2.54. The highest BCUT2D eigenvalue weighted by Crippen LogP contribution is 2.34. The van der Waals surface area contributed by atoms with Crippen LogP contribution >= 0.6 is 0 Å². The lowest BCUT2D eigenvalue weighted by Crippen LogP contribution is -2.42. The second kappa shape index (κ2) is 5.56. The van der Waals surface area contributed by atoms with Gasteiger partial charge in [-0.3, -0.25) is 4.79 Å². The maximum Gasteiger partial charge on any atom is 0.233 e. The summed E-state index contributed by atoms with van der Waals surface area (Å²) < 4.78 is 5.71. The first kappa shape index (κ1) is 13.6. The Labute approximate surface area is 124 Å². The third-order valence-corrected chi connectivity index (χ3v) is 3.75. The standard InChI is InChI=1S/C17H18N2O2/c1-11-8-18-16(20)15-14(13-6-4-3-5-7-13)12(2)9-19-17(15)21-10-11/h3-7,9-10,15,17H,8H2,1-2H3,(H,18,20)/b11-10-. The van der Waals surface area contributed by atoms with Crippen LogP contribution in [0.2, 0.25) is 0 Å². The van der Waals surface area contributed by atoms with Gasteiger partial charge in [0.15, 0.2) is 0 Å². The van der Waals surface area contributed by atoms with Crippen LogP contribution in [0.4, 0.5) is 0 Å². The normalized spacial score (nSPS) is 27.7. The summed E-state index contributed by atoms with van der Waals surface area (Å²) in [7, 11) is 0. The zero-order valence-corrected chi connectivity index (χ0v) is 12.2. The van der Waals surface area contributed by atoms with E-state index in [0.29, 0.717) is 6.54 Å². The van der Waals surface area contributed by atoms with Crippen molar-refractivity contribution in [3.63, 3.8) is 0 Å². The topological polar surface area (TPSA) is 50.7 Å². The molecule has 0 spiro atoms. The minimum absolute atomic E-state index is 0.0393. The lowest BCUT2D eigenvalue weighted by Gasteiger charge is -2.31. The molecule has 1 N–H and O–H groups in total. The molecule has 0 aromatic heterocycles. The first-order valence-electron chi connectivity index (χ1n) is 7.05. The Morgan fingerprint density at radius 3 is 2.76 bits per heavy atom. The Bertz CT molecular complexity index is 644. The van der Waals surface area contributed by atoms with Crippen molar-refractivity contribution in [2.75, 3.05) is 6.54 Å². The fraction of sp³-hybridized carbons (Fsp3) is 0.294. The summed E-state index contributed by atoms with van der Waals surface area (Å²) in [5.41, 5.74) is 4.00. The minimum Gasteiger partial charge on any atom is -0.475 e. The quantitative estimate of drug-likeness (QED) is 0.860. The highest BCUT2D eigenvalue weighted by Gasteiger charge is 2.37. The molecule has 1 amide bonds. The number of nitrogens with one attached hydrogen (secondary N) is 1. The molecule has 2 atom stereocenters. The summed E-state index contributed by atoms with van der Waals surface area (Å²) in [6, 6.07) is 9.95. The van der Waals surface area contributed by atoms with Gasteiger partial charge in [0.2, 0.25) is 12.1 Å². The second-order valence-corrected chi connectivity index (χ2v) is 5.43. The molecule has 4 nitrogen and oxygen atoms in total. The Morgan fingerprint density at radius 1 is 1.24 bits per heavy atom. The molecule has 3 rings (SSSR count). The first-order valence-corrected chi connectivity index (χ1v) is 7.05. The van der Waals surface area contributed by atoms with Gasteiger partial charge in [0.1, 0.15) is 5.92 Å². The third-order valence-electron chi connectivity index (χ3n) is 3.75. The third kappa shape index (κ3) is 2.61. The van der Waals surface area contributed by atoms with E-state index in [0.717, 1.165) is 22.3 Å². The lowest BCUT2D eigenvalue weighted by atomic mass is 9.85. The maximum absolute atomic E-state index is 12.5. The minimum atomic E-state index is -0.501. The van der Waals surface area contributed by atoms with E-state index in [-0.39, 0.29) is 5.91 Å². The number of dihydropyridines is 1. The van der Waals surface area contributed by atoms with E-state index in [1.54, 1.807) is 12.5 Å². The van der Waals surface area contributed by atoms with Crippen LogP contribution in [0.3, 0.4) is 0 Å². The molecule has 2 aliphatic heterocycles. The summed E-state index contributed by atoms with van der Waals surface area (Å²) in [4.78, 5) is 16.9. The van der Waals surface area contributed by atoms with E-state index in [1.807, 2.05) is 44.2 Å². The molecule has 108 valence electrons. The van der Waals surface area contributed by atoms with Crippen molar-refractivity contribution in [3.8, 4) is 0 Å². The fourth-order valence-electron chi connectivity index (χ4n) is 2.69. The number of aliphatic imine (C=N–C) groups is 1. The largest absolute Gasteiger partial charge is 0.475 e. The molecule has 1 aromatic carbocycles. The number of nitrogens with zero attached hydrogens (tertiary/aromatic N) is 1. The van der Waals surface area contributed by atoms with Crippen molar-refractivity contribution >= 4 is 17.7 Å². The highest BCUT2D eigenvalue weighted by molar-refractivity contribution is 6.01. The van der Waals surface area contributed by atoms with Crippen molar-refractivity contribution in [1.82, 2.24) is 5.32 Å². The van der Waals surface area contributed by atoms with E-state index in [4.69, 9.17) is 4.74 Å². The molecule has 4 heteroatoms. The average Bonchev–Trinajstić information content (AvgIpc) is 2.50. The van der Waals surface area contributed by atoms with Crippen molar-refractivity contribution < 1.29 is 9.53 Å². The Morgan fingerprint density at radius 2 is 2.00 bits per heavy atom. The molecule has 2 heterocycles. The van der Waals surface area contributed by atoms with Crippen LogP contribution in [0.1, 0.15) is 19.4 Å². The zero-order valence-electron chi connectivity index (χ0n) is 12.2. The molecule has 0 saturated heterocycles. The Balaban J connectivity index is 2.06. The van der Waals surface area contributed by atoms with Gasteiger partial charge < -0.3 is 10.1 Å². The van der Waals surface area contributed by atoms with Gasteiger partial charge in [-0.1, -0.05) is 30.3 Å². The summed E-state index contributed by atoms with van der Waals surface area (Å²) in [6.45, 7) is 4.41. The molecular formula is C17H18N2O2. The molecule has 1 aromatic rings. The number of hydrogen-bond acceptors (Lipinski definition) is 3. The van der Waals surface area contributed by atoms with E-state index in [9.17, 15) is 4.79 Å². The number of rotatable bonds is 1. The van der Waals surface area contributed by atoms with Crippen LogP contribution in [0.25, 0.3) is 5.57 Å². The van der Waals surface area contributed by atoms with Gasteiger partial charge in [0.25, 0.3) is 0 Å². The van der Waals surface area contributed by atoms with Crippen LogP contribution in [0, 0.1) is 5.92 Å². The van der Waals surface area contributed by atoms with Crippen LogP contribution in [-0.4, -0.2) is 24.9 Å². The monoisotopic (exact) mass is 282 g/mol. The Kier molecular flexibility index (Phi) is 3.60. The highest BCUT2D eigenvalue weighted by atomic mass is 16.5. The number of hydrogen-bond donors (Lipinski definition) is 1. The van der Waals surface area contributed by atoms with Gasteiger partial charge in [0, 0.05) is 12.8 Å². The maximum atomic E-state index is 12.5. The number of benzene rings is 1. The molecule has 0 fully saturated rings. The van der Waals surface area contributed by atoms with Gasteiger partial charge in [0.05, 0.1) is 6.26 Å². The molecule has 0 aliphatic carbocycles. The van der Waals surface area contributed by atoms with E-state index >= 15 is 0 Å². The summed E-state index contributed by atoms with van der Waals surface area (Å²) >= 11 is 0. The second-order valence-electron chi connectivity index (χ2n) is 5.43. The van der Waals surface area contributed by atoms with Gasteiger partial charge >= 0.3 is 0 Å². The number of fused-ring (bicyclic) bond motifs is 1. The van der Waals surface area contributed by atoms with E-state index < -0.39 is 12.1 Å². The van der Waals surface area contributed by atoms with Crippen molar-refractivity contribution in [1.29, 1.82) is 0 Å². The summed E-state index contributed by atoms with van der Waals surface area (Å²) in [5, 5.41) is 2.96. The van der Waals surface area contributed by atoms with Crippen molar-refractivity contribution in [2.45, 2.75) is 20.1 Å². The van der Waals surface area contributed by atoms with Crippen molar-refractivity contribution in [3.05, 3.63) is 53.3 Å². The van der Waals surface area contributed by atoms with Gasteiger partial charge in [-0.2, -0.15) is 0 Å². The molecule has 0 bridgehead atoms. The molecular weight excluding hydrogens is 264 g/mol. The fourth-order valence-corrected chi connectivity index (χ4v) is 2.69. The summed E-state index contributed by atoms with van der Waals surface area (Å²) in [6.07, 6.45) is 2.98. The molecule has 2 unspecified atom stereocenters. The molecule has 0 saturated carbocycles. The first-order chi connectivity index (χ1) is 10.2. The number of carbonyl (C=O) groups is 1. The van der Waals surface area contributed by atoms with Crippen LogP contribution in [0.15, 0.2) is 52.7 Å². The SMILES string of the molecule is CC1=C(c2ccccc2)C2C(=O)NC/C(C)=C\OC2N=C1. The van der Waals surface area contributed by atoms with Crippen LogP contribution in [-0.2, 0) is 9.53 Å². The van der Waals surface area contributed by atoms with E-state index in [1.165, 1.54) is 0 Å². The molecule has 21 heavy (non-hydrogen) atoms. The molecule has 2 aliphatic rings. The van der Waals surface area contributed by atoms with Crippen LogP contribution in [0.5, 0.6) is 0 Å². The number of ether oxygens (including phenoxy) is 1. The smallest absolute Gasteiger partial charge is 0.233 e. The Hall–Kier alpha value is -2.36. The average molecular weight is 282 g/mol. The zero-order chi connectivity index (χ0) is 14.8.